The Balaban J connectivity index is 2.09. The molecule has 0 fully saturated rings. The van der Waals surface area contributed by atoms with Crippen LogP contribution in [0.2, 0.25) is 0 Å². The molecule has 1 amide bonds. The minimum atomic E-state index is -0.225. The Labute approximate surface area is 157 Å². The molecule has 0 saturated heterocycles. The summed E-state index contributed by atoms with van der Waals surface area (Å²) in [5.41, 5.74) is 1.88. The molecule has 0 radical (unpaired) electrons. The number of hydrogen-bond acceptors (Lipinski definition) is 6. The number of allylic oxidation sites excluding steroid dienone is 1. The van der Waals surface area contributed by atoms with E-state index in [0.29, 0.717) is 28.5 Å². The molecule has 2 aromatic rings. The molecule has 2 rings (SSSR count). The summed E-state index contributed by atoms with van der Waals surface area (Å²) in [5.74, 6) is 0.895. The highest BCUT2D eigenvalue weighted by atomic mass is 16.5. The van der Waals surface area contributed by atoms with Crippen LogP contribution in [0.3, 0.4) is 0 Å². The SMILES string of the molecule is COc1cc(C(=O)/C=C/Nc2ccc(NC(C)=O)cc2)cc(OC)c1OC. The molecule has 0 saturated carbocycles. The first-order valence-electron chi connectivity index (χ1n) is 8.13. The molecule has 27 heavy (non-hydrogen) atoms. The van der Waals surface area contributed by atoms with E-state index < -0.39 is 0 Å². The quantitative estimate of drug-likeness (QED) is 0.547. The Hall–Kier alpha value is -3.48. The lowest BCUT2D eigenvalue weighted by Crippen LogP contribution is -2.05. The van der Waals surface area contributed by atoms with Crippen LogP contribution in [0.15, 0.2) is 48.7 Å². The van der Waals surface area contributed by atoms with Crippen molar-refractivity contribution in [2.24, 2.45) is 0 Å². The van der Waals surface area contributed by atoms with Crippen molar-refractivity contribution in [3.05, 3.63) is 54.2 Å². The lowest BCUT2D eigenvalue weighted by molar-refractivity contribution is -0.114. The predicted octanol–water partition coefficient (Wildman–Crippen LogP) is 3.48. The smallest absolute Gasteiger partial charge is 0.221 e. The average molecular weight is 370 g/mol. The minimum absolute atomic E-state index is 0.133. The molecule has 0 aromatic heterocycles. The molecule has 0 unspecified atom stereocenters. The second-order valence-corrected chi connectivity index (χ2v) is 5.51. The number of benzene rings is 2. The normalized spacial score (nSPS) is 10.4. The molecular formula is C20H22N2O5. The molecule has 2 N–H and O–H groups in total. The Morgan fingerprint density at radius 1 is 0.889 bits per heavy atom. The molecule has 0 heterocycles. The zero-order valence-corrected chi connectivity index (χ0v) is 15.7. The number of amides is 1. The van der Waals surface area contributed by atoms with Crippen LogP contribution >= 0.6 is 0 Å². The van der Waals surface area contributed by atoms with E-state index in [1.54, 1.807) is 42.6 Å². The monoisotopic (exact) mass is 370 g/mol. The fourth-order valence-electron chi connectivity index (χ4n) is 2.39. The average Bonchev–Trinajstić information content (AvgIpc) is 2.67. The van der Waals surface area contributed by atoms with Crippen molar-refractivity contribution in [2.75, 3.05) is 32.0 Å². The van der Waals surface area contributed by atoms with Gasteiger partial charge in [-0.1, -0.05) is 0 Å². The van der Waals surface area contributed by atoms with Crippen LogP contribution in [0.4, 0.5) is 11.4 Å². The standard InChI is InChI=1S/C20H22N2O5/c1-13(23)22-16-7-5-15(6-8-16)21-10-9-17(24)14-11-18(25-2)20(27-4)19(12-14)26-3/h5-12,21H,1-4H3,(H,22,23)/b10-9+. The molecule has 0 aliphatic heterocycles. The number of nitrogens with one attached hydrogen (secondary N) is 2. The van der Waals surface area contributed by atoms with Gasteiger partial charge < -0.3 is 24.8 Å². The third kappa shape index (κ3) is 5.24. The Morgan fingerprint density at radius 3 is 1.93 bits per heavy atom. The van der Waals surface area contributed by atoms with Gasteiger partial charge in [-0.3, -0.25) is 9.59 Å². The second kappa shape index (κ2) is 9.28. The minimum Gasteiger partial charge on any atom is -0.493 e. The van der Waals surface area contributed by atoms with E-state index in [1.807, 2.05) is 0 Å². The molecule has 0 aliphatic rings. The van der Waals surface area contributed by atoms with Gasteiger partial charge in [0.25, 0.3) is 0 Å². The summed E-state index contributed by atoms with van der Waals surface area (Å²) in [7, 11) is 4.49. The number of ether oxygens (including phenoxy) is 3. The maximum Gasteiger partial charge on any atom is 0.221 e. The zero-order chi connectivity index (χ0) is 19.8. The largest absolute Gasteiger partial charge is 0.493 e. The maximum absolute atomic E-state index is 12.4. The first-order chi connectivity index (χ1) is 13.0. The van der Waals surface area contributed by atoms with E-state index in [4.69, 9.17) is 14.2 Å². The Morgan fingerprint density at radius 2 is 1.44 bits per heavy atom. The number of carbonyl (C=O) groups excluding carboxylic acids is 2. The molecule has 142 valence electrons. The van der Waals surface area contributed by atoms with Gasteiger partial charge in [-0.05, 0) is 36.4 Å². The van der Waals surface area contributed by atoms with Gasteiger partial charge in [0.2, 0.25) is 11.7 Å². The number of methoxy groups -OCH3 is 3. The summed E-state index contributed by atoms with van der Waals surface area (Å²) in [6.07, 6.45) is 2.95. The van der Waals surface area contributed by atoms with Crippen LogP contribution in [0.1, 0.15) is 17.3 Å². The van der Waals surface area contributed by atoms with Crippen LogP contribution in [0, 0.1) is 0 Å². The van der Waals surface area contributed by atoms with E-state index in [2.05, 4.69) is 10.6 Å². The van der Waals surface area contributed by atoms with E-state index in [-0.39, 0.29) is 11.7 Å². The van der Waals surface area contributed by atoms with E-state index in [1.165, 1.54) is 34.3 Å². The van der Waals surface area contributed by atoms with Gasteiger partial charge in [0, 0.05) is 36.1 Å². The van der Waals surface area contributed by atoms with Crippen molar-refractivity contribution < 1.29 is 23.8 Å². The highest BCUT2D eigenvalue weighted by Gasteiger charge is 2.15. The van der Waals surface area contributed by atoms with Gasteiger partial charge in [-0.25, -0.2) is 0 Å². The first kappa shape index (κ1) is 19.8. The maximum atomic E-state index is 12.4. The van der Waals surface area contributed by atoms with Gasteiger partial charge in [-0.15, -0.1) is 0 Å². The highest BCUT2D eigenvalue weighted by molar-refractivity contribution is 6.05. The number of carbonyl (C=O) groups is 2. The van der Waals surface area contributed by atoms with Gasteiger partial charge in [0.05, 0.1) is 21.3 Å². The van der Waals surface area contributed by atoms with Crippen molar-refractivity contribution in [2.45, 2.75) is 6.92 Å². The van der Waals surface area contributed by atoms with Crippen LogP contribution in [0.25, 0.3) is 0 Å². The summed E-state index contributed by atoms with van der Waals surface area (Å²) in [4.78, 5) is 23.4. The predicted molar refractivity (Wildman–Crippen MR) is 104 cm³/mol. The van der Waals surface area contributed by atoms with Crippen molar-refractivity contribution in [3.63, 3.8) is 0 Å². The third-order valence-corrected chi connectivity index (χ3v) is 3.64. The lowest BCUT2D eigenvalue weighted by atomic mass is 10.1. The van der Waals surface area contributed by atoms with Crippen LogP contribution in [-0.4, -0.2) is 33.0 Å². The highest BCUT2D eigenvalue weighted by Crippen LogP contribution is 2.38. The van der Waals surface area contributed by atoms with E-state index in [0.717, 1.165) is 5.69 Å². The van der Waals surface area contributed by atoms with Gasteiger partial charge in [-0.2, -0.15) is 0 Å². The molecule has 0 bridgehead atoms. The fraction of sp³-hybridized carbons (Fsp3) is 0.200. The Bertz CT molecular complexity index is 819. The summed E-state index contributed by atoms with van der Waals surface area (Å²) in [6, 6.07) is 10.3. The summed E-state index contributed by atoms with van der Waals surface area (Å²) in [6.45, 7) is 1.45. The van der Waals surface area contributed by atoms with Gasteiger partial charge in [0.1, 0.15) is 0 Å². The summed E-state index contributed by atoms with van der Waals surface area (Å²) >= 11 is 0. The summed E-state index contributed by atoms with van der Waals surface area (Å²) < 4.78 is 15.8. The molecular weight excluding hydrogens is 348 g/mol. The van der Waals surface area contributed by atoms with Crippen molar-refractivity contribution in [3.8, 4) is 17.2 Å². The molecule has 0 spiro atoms. The third-order valence-electron chi connectivity index (χ3n) is 3.64. The lowest BCUT2D eigenvalue weighted by Gasteiger charge is -2.13. The van der Waals surface area contributed by atoms with Crippen LogP contribution in [0.5, 0.6) is 17.2 Å². The van der Waals surface area contributed by atoms with Crippen molar-refractivity contribution in [1.29, 1.82) is 0 Å². The topological polar surface area (TPSA) is 85.9 Å². The number of hydrogen-bond donors (Lipinski definition) is 2. The van der Waals surface area contributed by atoms with E-state index >= 15 is 0 Å². The Kier molecular flexibility index (Phi) is 6.82. The van der Waals surface area contributed by atoms with Crippen LogP contribution in [-0.2, 0) is 4.79 Å². The molecule has 2 aromatic carbocycles. The van der Waals surface area contributed by atoms with Crippen molar-refractivity contribution in [1.82, 2.24) is 0 Å². The second-order valence-electron chi connectivity index (χ2n) is 5.51. The zero-order valence-electron chi connectivity index (χ0n) is 15.7. The molecule has 0 atom stereocenters. The number of ketones is 1. The van der Waals surface area contributed by atoms with Crippen molar-refractivity contribution >= 4 is 23.1 Å². The fourth-order valence-corrected chi connectivity index (χ4v) is 2.39. The summed E-state index contributed by atoms with van der Waals surface area (Å²) in [5, 5.41) is 5.69. The molecule has 0 aliphatic carbocycles. The van der Waals surface area contributed by atoms with E-state index in [9.17, 15) is 9.59 Å². The first-order valence-corrected chi connectivity index (χ1v) is 8.13. The van der Waals surface area contributed by atoms with Crippen LogP contribution < -0.4 is 24.8 Å². The molecule has 7 heteroatoms. The van der Waals surface area contributed by atoms with Gasteiger partial charge in [0.15, 0.2) is 17.3 Å². The molecule has 7 nitrogen and oxygen atoms in total. The van der Waals surface area contributed by atoms with Gasteiger partial charge >= 0.3 is 0 Å². The number of anilines is 2. The number of rotatable bonds is 8.